The van der Waals surface area contributed by atoms with Crippen LogP contribution in [-0.2, 0) is 4.79 Å². The van der Waals surface area contributed by atoms with Crippen LogP contribution in [0.1, 0.15) is 25.5 Å². The van der Waals surface area contributed by atoms with Crippen molar-refractivity contribution >= 4 is 29.1 Å². The topological polar surface area (TPSA) is 77.2 Å². The van der Waals surface area contributed by atoms with E-state index in [1.807, 2.05) is 6.92 Å². The number of nitrogens with zero attached hydrogens (tertiary/aromatic N) is 2. The number of carbonyl (C=O) groups excluding carboxylic acids is 1. The first-order valence-corrected chi connectivity index (χ1v) is 8.98. The average Bonchev–Trinajstić information content (AvgIpc) is 3.16. The summed E-state index contributed by atoms with van der Waals surface area (Å²) in [5, 5.41) is 11.4. The molecule has 0 spiro atoms. The van der Waals surface area contributed by atoms with Crippen LogP contribution in [0.5, 0.6) is 5.75 Å². The average molecular weight is 406 g/mol. The Morgan fingerprint density at radius 1 is 1.15 bits per heavy atom. The van der Waals surface area contributed by atoms with E-state index in [9.17, 15) is 4.79 Å². The maximum absolute atomic E-state index is 12.4. The van der Waals surface area contributed by atoms with E-state index in [1.165, 1.54) is 6.39 Å². The summed E-state index contributed by atoms with van der Waals surface area (Å²) in [7, 11) is 0. The van der Waals surface area contributed by atoms with Crippen LogP contribution in [0.15, 0.2) is 53.3 Å². The molecule has 2 atom stereocenters. The molecule has 1 aromatic heterocycles. The molecule has 1 amide bonds. The van der Waals surface area contributed by atoms with Crippen LogP contribution >= 0.6 is 23.2 Å². The Morgan fingerprint density at radius 3 is 2.52 bits per heavy atom. The van der Waals surface area contributed by atoms with E-state index in [-0.39, 0.29) is 11.9 Å². The normalized spacial score (nSPS) is 13.0. The van der Waals surface area contributed by atoms with E-state index in [0.717, 1.165) is 11.1 Å². The standard InChI is InChI=1S/C19H17Cl2N3O3/c1-11(16-8-5-14(20)9-17(16)21)23-18(25)12(2)27-15-6-3-13(4-7-15)19-24-22-10-26-19/h3-12H,1-2H3,(H,23,25)/t11-,12-/m1/s1. The van der Waals surface area contributed by atoms with Gasteiger partial charge in [0.25, 0.3) is 5.91 Å². The molecule has 0 unspecified atom stereocenters. The minimum absolute atomic E-state index is 0.255. The molecule has 3 rings (SSSR count). The molecule has 3 aromatic rings. The van der Waals surface area contributed by atoms with E-state index in [1.54, 1.807) is 49.4 Å². The molecule has 0 saturated heterocycles. The van der Waals surface area contributed by atoms with Crippen molar-refractivity contribution in [3.8, 4) is 17.2 Å². The quantitative estimate of drug-likeness (QED) is 0.643. The molecular formula is C19H17Cl2N3O3. The number of aromatic nitrogens is 2. The molecule has 1 heterocycles. The molecule has 1 N–H and O–H groups in total. The minimum Gasteiger partial charge on any atom is -0.481 e. The predicted molar refractivity (Wildman–Crippen MR) is 103 cm³/mol. The van der Waals surface area contributed by atoms with Gasteiger partial charge in [0.15, 0.2) is 6.10 Å². The van der Waals surface area contributed by atoms with Gasteiger partial charge in [0, 0.05) is 15.6 Å². The summed E-state index contributed by atoms with van der Waals surface area (Å²) in [5.74, 6) is 0.716. The van der Waals surface area contributed by atoms with Gasteiger partial charge < -0.3 is 14.5 Å². The Balaban J connectivity index is 1.60. The molecule has 27 heavy (non-hydrogen) atoms. The summed E-state index contributed by atoms with van der Waals surface area (Å²) in [6, 6.07) is 11.9. The summed E-state index contributed by atoms with van der Waals surface area (Å²) in [4.78, 5) is 12.4. The van der Waals surface area contributed by atoms with E-state index >= 15 is 0 Å². The Kier molecular flexibility index (Phi) is 5.98. The van der Waals surface area contributed by atoms with Gasteiger partial charge in [-0.2, -0.15) is 0 Å². The van der Waals surface area contributed by atoms with Crippen molar-refractivity contribution in [1.82, 2.24) is 15.5 Å². The smallest absolute Gasteiger partial charge is 0.261 e. The largest absolute Gasteiger partial charge is 0.481 e. The summed E-state index contributed by atoms with van der Waals surface area (Å²) in [6.45, 7) is 3.52. The molecule has 8 heteroatoms. The van der Waals surface area contributed by atoms with Gasteiger partial charge in [-0.05, 0) is 55.8 Å². The molecule has 0 radical (unpaired) electrons. The highest BCUT2D eigenvalue weighted by atomic mass is 35.5. The molecule has 2 aromatic carbocycles. The molecular weight excluding hydrogens is 389 g/mol. The lowest BCUT2D eigenvalue weighted by atomic mass is 10.1. The second kappa shape index (κ2) is 8.41. The highest BCUT2D eigenvalue weighted by molar-refractivity contribution is 6.35. The summed E-state index contributed by atoms with van der Waals surface area (Å²) >= 11 is 12.1. The number of hydrogen-bond acceptors (Lipinski definition) is 5. The van der Waals surface area contributed by atoms with Gasteiger partial charge in [0.1, 0.15) is 5.75 Å². The van der Waals surface area contributed by atoms with Crippen LogP contribution < -0.4 is 10.1 Å². The number of hydrogen-bond donors (Lipinski definition) is 1. The monoisotopic (exact) mass is 405 g/mol. The molecule has 0 saturated carbocycles. The maximum atomic E-state index is 12.4. The zero-order chi connectivity index (χ0) is 19.4. The zero-order valence-corrected chi connectivity index (χ0v) is 16.2. The number of ether oxygens (including phenoxy) is 1. The number of nitrogens with one attached hydrogen (secondary N) is 1. The van der Waals surface area contributed by atoms with E-state index < -0.39 is 6.10 Å². The molecule has 6 nitrogen and oxygen atoms in total. The fraction of sp³-hybridized carbons (Fsp3) is 0.211. The van der Waals surface area contributed by atoms with Crippen molar-refractivity contribution in [3.63, 3.8) is 0 Å². The van der Waals surface area contributed by atoms with Crippen molar-refractivity contribution in [2.24, 2.45) is 0 Å². The number of halogens is 2. The number of rotatable bonds is 6. The third kappa shape index (κ3) is 4.78. The second-order valence-corrected chi connectivity index (χ2v) is 6.77. The Hall–Kier alpha value is -2.57. The first-order chi connectivity index (χ1) is 12.9. The van der Waals surface area contributed by atoms with Crippen molar-refractivity contribution in [1.29, 1.82) is 0 Å². The van der Waals surface area contributed by atoms with Gasteiger partial charge in [-0.25, -0.2) is 0 Å². The lowest BCUT2D eigenvalue weighted by Crippen LogP contribution is -2.37. The summed E-state index contributed by atoms with van der Waals surface area (Å²) < 4.78 is 10.8. The van der Waals surface area contributed by atoms with Gasteiger partial charge in [0.05, 0.1) is 6.04 Å². The Morgan fingerprint density at radius 2 is 1.89 bits per heavy atom. The molecule has 0 fully saturated rings. The van der Waals surface area contributed by atoms with Gasteiger partial charge in [-0.15, -0.1) is 10.2 Å². The maximum Gasteiger partial charge on any atom is 0.261 e. The van der Waals surface area contributed by atoms with Gasteiger partial charge >= 0.3 is 0 Å². The molecule has 0 aliphatic carbocycles. The van der Waals surface area contributed by atoms with Crippen molar-refractivity contribution in [2.75, 3.05) is 0 Å². The molecule has 0 aliphatic heterocycles. The van der Waals surface area contributed by atoms with Crippen LogP contribution in [0.2, 0.25) is 10.0 Å². The predicted octanol–water partition coefficient (Wildman–Crippen LogP) is 4.69. The summed E-state index contributed by atoms with van der Waals surface area (Å²) in [6.07, 6.45) is 0.577. The first-order valence-electron chi connectivity index (χ1n) is 8.22. The lowest BCUT2D eigenvalue weighted by Gasteiger charge is -2.20. The fourth-order valence-corrected chi connectivity index (χ4v) is 3.07. The number of amides is 1. The highest BCUT2D eigenvalue weighted by Crippen LogP contribution is 2.26. The van der Waals surface area contributed by atoms with Crippen LogP contribution in [0.3, 0.4) is 0 Å². The number of benzene rings is 2. The molecule has 0 aliphatic rings. The molecule has 140 valence electrons. The Bertz CT molecular complexity index is 914. The third-order valence-electron chi connectivity index (χ3n) is 3.93. The first kappa shape index (κ1) is 19.2. The van der Waals surface area contributed by atoms with Gasteiger partial charge in [-0.3, -0.25) is 4.79 Å². The van der Waals surface area contributed by atoms with Crippen molar-refractivity contribution in [3.05, 3.63) is 64.5 Å². The second-order valence-electron chi connectivity index (χ2n) is 5.92. The van der Waals surface area contributed by atoms with E-state index in [2.05, 4.69) is 15.5 Å². The van der Waals surface area contributed by atoms with Crippen LogP contribution in [0.4, 0.5) is 0 Å². The van der Waals surface area contributed by atoms with E-state index in [4.69, 9.17) is 32.4 Å². The van der Waals surface area contributed by atoms with Crippen molar-refractivity contribution in [2.45, 2.75) is 26.0 Å². The Labute approximate surface area is 166 Å². The molecule has 0 bridgehead atoms. The number of carbonyl (C=O) groups is 1. The highest BCUT2D eigenvalue weighted by Gasteiger charge is 2.19. The van der Waals surface area contributed by atoms with Crippen LogP contribution in [0, 0.1) is 0 Å². The fourth-order valence-electron chi connectivity index (χ4n) is 2.49. The van der Waals surface area contributed by atoms with Gasteiger partial charge in [-0.1, -0.05) is 29.3 Å². The van der Waals surface area contributed by atoms with Crippen molar-refractivity contribution < 1.29 is 13.9 Å². The van der Waals surface area contributed by atoms with Crippen LogP contribution in [0.25, 0.3) is 11.5 Å². The SMILES string of the molecule is C[C@@H](Oc1ccc(-c2nnco2)cc1)C(=O)N[C@H](C)c1ccc(Cl)cc1Cl. The third-order valence-corrected chi connectivity index (χ3v) is 4.49. The zero-order valence-electron chi connectivity index (χ0n) is 14.6. The van der Waals surface area contributed by atoms with Gasteiger partial charge in [0.2, 0.25) is 12.3 Å². The van der Waals surface area contributed by atoms with E-state index in [0.29, 0.717) is 21.7 Å². The summed E-state index contributed by atoms with van der Waals surface area (Å²) in [5.41, 5.74) is 1.55. The minimum atomic E-state index is -0.687. The lowest BCUT2D eigenvalue weighted by molar-refractivity contribution is -0.127. The van der Waals surface area contributed by atoms with Crippen LogP contribution in [-0.4, -0.2) is 22.2 Å².